The molecule has 0 fully saturated rings. The van der Waals surface area contributed by atoms with Gasteiger partial charge in [0.25, 0.3) is 5.91 Å². The van der Waals surface area contributed by atoms with E-state index < -0.39 is 5.91 Å². The molecule has 1 heterocycles. The molecular weight excluding hydrogens is 268 g/mol. The van der Waals surface area contributed by atoms with E-state index in [0.717, 1.165) is 17.5 Å². The van der Waals surface area contributed by atoms with Crippen LogP contribution in [0.15, 0.2) is 30.6 Å². The Morgan fingerprint density at radius 3 is 2.62 bits per heavy atom. The second kappa shape index (κ2) is 6.41. The number of carbonyl (C=O) groups is 1. The lowest BCUT2D eigenvalue weighted by Gasteiger charge is -2.12. The molecule has 0 aliphatic carbocycles. The number of aliphatic hydroxyl groups is 1. The van der Waals surface area contributed by atoms with Crippen LogP contribution < -0.4 is 11.5 Å². The number of amides is 1. The van der Waals surface area contributed by atoms with Crippen molar-refractivity contribution in [2.24, 2.45) is 5.73 Å². The summed E-state index contributed by atoms with van der Waals surface area (Å²) in [4.78, 5) is 15.0. The summed E-state index contributed by atoms with van der Waals surface area (Å²) in [6, 6.07) is 7.96. The number of nitrogen functional groups attached to an aromatic ring is 1. The first kappa shape index (κ1) is 15.1. The normalized spacial score (nSPS) is 12.3. The van der Waals surface area contributed by atoms with E-state index >= 15 is 0 Å². The minimum atomic E-state index is -0.624. The number of primary amides is 1. The molecule has 6 nitrogen and oxygen atoms in total. The fraction of sp³-hybridized carbons (Fsp3) is 0.333. The number of hydrogen-bond donors (Lipinski definition) is 3. The Balaban J connectivity index is 2.12. The molecule has 1 aromatic carbocycles. The van der Waals surface area contributed by atoms with Gasteiger partial charge in [-0.05, 0) is 30.9 Å². The van der Waals surface area contributed by atoms with Crippen LogP contribution >= 0.6 is 0 Å². The number of carbonyl (C=O) groups excluding carboxylic acids is 1. The van der Waals surface area contributed by atoms with Crippen molar-refractivity contribution >= 4 is 11.7 Å². The van der Waals surface area contributed by atoms with Crippen LogP contribution in [0.2, 0.25) is 0 Å². The Bertz CT molecular complexity index is 634. The lowest BCUT2D eigenvalue weighted by atomic mass is 10.00. The Labute approximate surface area is 123 Å². The molecule has 21 heavy (non-hydrogen) atoms. The maximum atomic E-state index is 11.1. The molecule has 0 radical (unpaired) electrons. The van der Waals surface area contributed by atoms with Crippen LogP contribution in [0.1, 0.15) is 28.5 Å². The van der Waals surface area contributed by atoms with Crippen LogP contribution in [0.25, 0.3) is 0 Å². The monoisotopic (exact) mass is 288 g/mol. The average Bonchev–Trinajstić information content (AvgIpc) is 2.78. The SMILES string of the molecule is CC(O)Cc1ccccc1CCn1cnc(C(N)=O)c1N. The molecule has 2 aromatic rings. The van der Waals surface area contributed by atoms with E-state index in [1.54, 1.807) is 11.5 Å². The third kappa shape index (κ3) is 3.61. The number of aryl methyl sites for hydroxylation is 2. The lowest BCUT2D eigenvalue weighted by Crippen LogP contribution is -2.15. The zero-order chi connectivity index (χ0) is 15.4. The van der Waals surface area contributed by atoms with E-state index in [2.05, 4.69) is 4.98 Å². The van der Waals surface area contributed by atoms with Gasteiger partial charge < -0.3 is 21.1 Å². The topological polar surface area (TPSA) is 107 Å². The first-order valence-electron chi connectivity index (χ1n) is 6.84. The van der Waals surface area contributed by atoms with E-state index in [4.69, 9.17) is 11.5 Å². The number of imidazole rings is 1. The van der Waals surface area contributed by atoms with E-state index in [9.17, 15) is 9.90 Å². The van der Waals surface area contributed by atoms with Crippen molar-refractivity contribution in [2.45, 2.75) is 32.4 Å². The molecule has 1 unspecified atom stereocenters. The van der Waals surface area contributed by atoms with Crippen molar-refractivity contribution in [1.29, 1.82) is 0 Å². The van der Waals surface area contributed by atoms with Crippen LogP contribution in [-0.4, -0.2) is 26.7 Å². The highest BCUT2D eigenvalue weighted by molar-refractivity contribution is 5.95. The van der Waals surface area contributed by atoms with Crippen molar-refractivity contribution in [3.8, 4) is 0 Å². The van der Waals surface area contributed by atoms with Gasteiger partial charge in [-0.3, -0.25) is 4.79 Å². The predicted molar refractivity (Wildman–Crippen MR) is 80.7 cm³/mol. The summed E-state index contributed by atoms with van der Waals surface area (Å²) in [7, 11) is 0. The van der Waals surface area contributed by atoms with Crippen LogP contribution in [0.4, 0.5) is 5.82 Å². The minimum Gasteiger partial charge on any atom is -0.393 e. The maximum absolute atomic E-state index is 11.1. The smallest absolute Gasteiger partial charge is 0.271 e. The summed E-state index contributed by atoms with van der Waals surface area (Å²) in [5.41, 5.74) is 13.4. The minimum absolute atomic E-state index is 0.104. The molecule has 5 N–H and O–H groups in total. The Morgan fingerprint density at radius 2 is 2.05 bits per heavy atom. The molecule has 0 spiro atoms. The molecule has 0 saturated carbocycles. The van der Waals surface area contributed by atoms with Gasteiger partial charge in [-0.2, -0.15) is 0 Å². The molecule has 1 atom stereocenters. The summed E-state index contributed by atoms with van der Waals surface area (Å²) in [6.45, 7) is 2.37. The molecule has 1 amide bonds. The molecule has 0 bridgehead atoms. The van der Waals surface area contributed by atoms with Crippen LogP contribution in [-0.2, 0) is 19.4 Å². The molecular formula is C15H20N4O2. The van der Waals surface area contributed by atoms with Crippen LogP contribution in [0, 0.1) is 0 Å². The molecule has 6 heteroatoms. The first-order valence-corrected chi connectivity index (χ1v) is 6.84. The standard InChI is InChI=1S/C15H20N4O2/c1-10(20)8-12-5-3-2-4-11(12)6-7-19-9-18-13(14(19)16)15(17)21/h2-5,9-10,20H,6-8,16H2,1H3,(H2,17,21). The number of hydrogen-bond acceptors (Lipinski definition) is 4. The van der Waals surface area contributed by atoms with Crippen LogP contribution in [0.5, 0.6) is 0 Å². The van der Waals surface area contributed by atoms with Gasteiger partial charge in [0.15, 0.2) is 5.69 Å². The van der Waals surface area contributed by atoms with Gasteiger partial charge in [-0.15, -0.1) is 0 Å². The highest BCUT2D eigenvalue weighted by Crippen LogP contribution is 2.15. The highest BCUT2D eigenvalue weighted by atomic mass is 16.3. The fourth-order valence-electron chi connectivity index (χ4n) is 2.32. The molecule has 1 aromatic heterocycles. The molecule has 0 aliphatic rings. The van der Waals surface area contributed by atoms with E-state index in [0.29, 0.717) is 13.0 Å². The predicted octanol–water partition coefficient (Wildman–Crippen LogP) is 0.730. The summed E-state index contributed by atoms with van der Waals surface area (Å²) in [5.74, 6) is -0.337. The Kier molecular flexibility index (Phi) is 4.59. The van der Waals surface area contributed by atoms with Gasteiger partial charge in [0.1, 0.15) is 5.82 Å². The second-order valence-electron chi connectivity index (χ2n) is 5.11. The largest absolute Gasteiger partial charge is 0.393 e. The van der Waals surface area contributed by atoms with Crippen LogP contribution in [0.3, 0.4) is 0 Å². The van der Waals surface area contributed by atoms with Crippen molar-refractivity contribution in [2.75, 3.05) is 5.73 Å². The average molecular weight is 288 g/mol. The van der Waals surface area contributed by atoms with Gasteiger partial charge in [0.2, 0.25) is 0 Å². The molecule has 0 aliphatic heterocycles. The third-order valence-electron chi connectivity index (χ3n) is 3.37. The zero-order valence-corrected chi connectivity index (χ0v) is 12.0. The van der Waals surface area contributed by atoms with Gasteiger partial charge in [-0.25, -0.2) is 4.98 Å². The maximum Gasteiger partial charge on any atom is 0.271 e. The molecule has 2 rings (SSSR count). The number of rotatable bonds is 6. The number of benzene rings is 1. The summed E-state index contributed by atoms with van der Waals surface area (Å²) < 4.78 is 1.71. The van der Waals surface area contributed by atoms with Crippen molar-refractivity contribution in [3.05, 3.63) is 47.4 Å². The number of aliphatic hydroxyl groups excluding tert-OH is 1. The molecule has 0 saturated heterocycles. The zero-order valence-electron chi connectivity index (χ0n) is 12.0. The second-order valence-corrected chi connectivity index (χ2v) is 5.11. The van der Waals surface area contributed by atoms with Crippen molar-refractivity contribution in [1.82, 2.24) is 9.55 Å². The number of nitrogens with zero attached hydrogens (tertiary/aromatic N) is 2. The van der Waals surface area contributed by atoms with Gasteiger partial charge >= 0.3 is 0 Å². The molecule has 112 valence electrons. The quantitative estimate of drug-likeness (QED) is 0.728. The Morgan fingerprint density at radius 1 is 1.38 bits per heavy atom. The van der Waals surface area contributed by atoms with E-state index in [-0.39, 0.29) is 17.6 Å². The lowest BCUT2D eigenvalue weighted by molar-refractivity contribution is 0.0997. The van der Waals surface area contributed by atoms with Gasteiger partial charge in [0.05, 0.1) is 12.4 Å². The van der Waals surface area contributed by atoms with Crippen molar-refractivity contribution < 1.29 is 9.90 Å². The third-order valence-corrected chi connectivity index (χ3v) is 3.37. The van der Waals surface area contributed by atoms with E-state index in [1.807, 2.05) is 24.3 Å². The number of nitrogens with two attached hydrogens (primary N) is 2. The fourth-order valence-corrected chi connectivity index (χ4v) is 2.32. The van der Waals surface area contributed by atoms with E-state index in [1.165, 1.54) is 6.33 Å². The highest BCUT2D eigenvalue weighted by Gasteiger charge is 2.13. The Hall–Kier alpha value is -2.34. The van der Waals surface area contributed by atoms with Crippen molar-refractivity contribution in [3.63, 3.8) is 0 Å². The first-order chi connectivity index (χ1) is 9.99. The number of aromatic nitrogens is 2. The summed E-state index contributed by atoms with van der Waals surface area (Å²) >= 11 is 0. The van der Waals surface area contributed by atoms with Gasteiger partial charge in [-0.1, -0.05) is 24.3 Å². The van der Waals surface area contributed by atoms with Gasteiger partial charge in [0, 0.05) is 6.54 Å². The summed E-state index contributed by atoms with van der Waals surface area (Å²) in [5, 5.41) is 9.54. The summed E-state index contributed by atoms with van der Waals surface area (Å²) in [6.07, 6.45) is 2.49. The number of anilines is 1.